The third-order valence-corrected chi connectivity index (χ3v) is 8.97. The lowest BCUT2D eigenvalue weighted by Crippen LogP contribution is -2.41. The number of piperidine rings is 1. The first-order valence-corrected chi connectivity index (χ1v) is 12.8. The average Bonchev–Trinajstić information content (AvgIpc) is 3.15. The van der Waals surface area contributed by atoms with Gasteiger partial charge in [-0.2, -0.15) is 4.31 Å². The minimum atomic E-state index is -3.54. The third-order valence-electron chi connectivity index (χ3n) is 5.94. The molecule has 7 nitrogen and oxygen atoms in total. The predicted molar refractivity (Wildman–Crippen MR) is 118 cm³/mol. The van der Waals surface area contributed by atoms with Gasteiger partial charge in [-0.05, 0) is 50.6 Å². The number of rotatable bonds is 5. The first kappa shape index (κ1) is 21.4. The van der Waals surface area contributed by atoms with E-state index in [0.29, 0.717) is 17.2 Å². The maximum Gasteiger partial charge on any atom is 0.257 e. The number of likely N-dealkylation sites (N-methyl/N-ethyl adjacent to an activating group) is 1. The van der Waals surface area contributed by atoms with Gasteiger partial charge in [0.2, 0.25) is 10.0 Å². The van der Waals surface area contributed by atoms with E-state index < -0.39 is 10.0 Å². The number of carbonyl (C=O) groups is 1. The molecule has 1 fully saturated rings. The summed E-state index contributed by atoms with van der Waals surface area (Å²) in [6.07, 6.45) is 3.73. The van der Waals surface area contributed by atoms with Gasteiger partial charge in [0, 0.05) is 42.5 Å². The Morgan fingerprint density at radius 3 is 2.70 bits per heavy atom. The quantitative estimate of drug-likeness (QED) is 0.759. The monoisotopic (exact) mass is 448 g/mol. The van der Waals surface area contributed by atoms with E-state index in [1.165, 1.54) is 28.3 Å². The third kappa shape index (κ3) is 4.30. The standard InChI is InChI=1S/C21H28N4O3S2/c1-3-24-13-11-18-19(14-24)29-21(22-18)23-20(26)16-7-9-17(10-8-16)30(27,28)25-12-5-4-6-15(25)2/h7-10,15H,3-6,11-14H2,1-2H3,(H,22,23,26)/t15-/m1/s1. The summed E-state index contributed by atoms with van der Waals surface area (Å²) in [6, 6.07) is 6.20. The van der Waals surface area contributed by atoms with E-state index in [1.54, 1.807) is 16.4 Å². The normalized spacial score (nSPS) is 20.7. The highest BCUT2D eigenvalue weighted by Crippen LogP contribution is 2.29. The van der Waals surface area contributed by atoms with Gasteiger partial charge in [0.15, 0.2) is 5.13 Å². The second kappa shape index (κ2) is 8.74. The highest BCUT2D eigenvalue weighted by Gasteiger charge is 2.31. The van der Waals surface area contributed by atoms with Crippen LogP contribution in [-0.4, -0.2) is 54.2 Å². The number of hydrogen-bond donors (Lipinski definition) is 1. The van der Waals surface area contributed by atoms with Crippen LogP contribution in [0, 0.1) is 0 Å². The number of nitrogens with zero attached hydrogens (tertiary/aromatic N) is 3. The minimum Gasteiger partial charge on any atom is -0.298 e. The van der Waals surface area contributed by atoms with Crippen LogP contribution in [0.2, 0.25) is 0 Å². The van der Waals surface area contributed by atoms with Crippen molar-refractivity contribution < 1.29 is 13.2 Å². The summed E-state index contributed by atoms with van der Waals surface area (Å²) in [7, 11) is -3.54. The molecule has 1 N–H and O–H groups in total. The number of carbonyl (C=O) groups excluding carboxylic acids is 1. The van der Waals surface area contributed by atoms with Crippen molar-refractivity contribution in [2.75, 3.05) is 25.0 Å². The molecule has 0 aliphatic carbocycles. The van der Waals surface area contributed by atoms with Crippen LogP contribution < -0.4 is 5.32 Å². The number of hydrogen-bond acceptors (Lipinski definition) is 6. The number of anilines is 1. The molecule has 1 aromatic carbocycles. The molecule has 0 spiro atoms. The Hall–Kier alpha value is -1.81. The van der Waals surface area contributed by atoms with Gasteiger partial charge >= 0.3 is 0 Å². The van der Waals surface area contributed by atoms with Crippen molar-refractivity contribution >= 4 is 32.4 Å². The van der Waals surface area contributed by atoms with Crippen LogP contribution in [0.1, 0.15) is 54.0 Å². The molecular weight excluding hydrogens is 420 g/mol. The average molecular weight is 449 g/mol. The van der Waals surface area contributed by atoms with Crippen LogP contribution in [0.4, 0.5) is 5.13 Å². The molecule has 1 atom stereocenters. The van der Waals surface area contributed by atoms with Gasteiger partial charge in [0.05, 0.1) is 10.6 Å². The molecule has 1 amide bonds. The topological polar surface area (TPSA) is 82.6 Å². The Morgan fingerprint density at radius 2 is 2.00 bits per heavy atom. The van der Waals surface area contributed by atoms with Crippen LogP contribution in [0.3, 0.4) is 0 Å². The van der Waals surface area contributed by atoms with Gasteiger partial charge in [-0.1, -0.05) is 13.3 Å². The lowest BCUT2D eigenvalue weighted by Gasteiger charge is -2.32. The second-order valence-corrected chi connectivity index (χ2v) is 10.9. The highest BCUT2D eigenvalue weighted by molar-refractivity contribution is 7.89. The van der Waals surface area contributed by atoms with Crippen molar-refractivity contribution in [2.45, 2.75) is 57.0 Å². The number of fused-ring (bicyclic) bond motifs is 1. The molecule has 0 saturated carbocycles. The van der Waals surface area contributed by atoms with Crippen LogP contribution in [0.15, 0.2) is 29.2 Å². The van der Waals surface area contributed by atoms with Crippen molar-refractivity contribution in [1.29, 1.82) is 0 Å². The summed E-state index contributed by atoms with van der Waals surface area (Å²) < 4.78 is 27.5. The molecule has 2 aliphatic rings. The van der Waals surface area contributed by atoms with Gasteiger partial charge in [-0.25, -0.2) is 13.4 Å². The molecule has 162 valence electrons. The van der Waals surface area contributed by atoms with E-state index in [4.69, 9.17) is 0 Å². The van der Waals surface area contributed by atoms with E-state index in [0.717, 1.165) is 51.0 Å². The first-order chi connectivity index (χ1) is 14.4. The van der Waals surface area contributed by atoms with E-state index in [1.807, 2.05) is 6.92 Å². The molecule has 2 aliphatic heterocycles. The summed E-state index contributed by atoms with van der Waals surface area (Å²) in [5, 5.41) is 3.47. The Kier molecular flexibility index (Phi) is 6.24. The van der Waals surface area contributed by atoms with Gasteiger partial charge in [-0.15, -0.1) is 11.3 Å². The molecule has 0 bridgehead atoms. The summed E-state index contributed by atoms with van der Waals surface area (Å²) in [5.41, 5.74) is 1.49. The highest BCUT2D eigenvalue weighted by atomic mass is 32.2. The summed E-state index contributed by atoms with van der Waals surface area (Å²) in [4.78, 5) is 21.0. The van der Waals surface area contributed by atoms with Crippen LogP contribution >= 0.6 is 11.3 Å². The fourth-order valence-electron chi connectivity index (χ4n) is 4.08. The lowest BCUT2D eigenvalue weighted by atomic mass is 10.1. The maximum absolute atomic E-state index is 12.9. The minimum absolute atomic E-state index is 0.00583. The van der Waals surface area contributed by atoms with Crippen molar-refractivity contribution in [3.8, 4) is 0 Å². The number of amides is 1. The molecule has 9 heteroatoms. The number of benzene rings is 1. The van der Waals surface area contributed by atoms with Crippen molar-refractivity contribution in [1.82, 2.24) is 14.2 Å². The summed E-state index contributed by atoms with van der Waals surface area (Å²) in [5.74, 6) is -0.274. The van der Waals surface area contributed by atoms with Crippen LogP contribution in [0.5, 0.6) is 0 Å². The van der Waals surface area contributed by atoms with E-state index >= 15 is 0 Å². The molecule has 2 aromatic rings. The van der Waals surface area contributed by atoms with E-state index in [9.17, 15) is 13.2 Å². The van der Waals surface area contributed by atoms with Crippen molar-refractivity contribution in [3.05, 3.63) is 40.4 Å². The smallest absolute Gasteiger partial charge is 0.257 e. The molecule has 3 heterocycles. The zero-order valence-electron chi connectivity index (χ0n) is 17.4. The van der Waals surface area contributed by atoms with Gasteiger partial charge in [-0.3, -0.25) is 15.0 Å². The number of sulfonamides is 1. The van der Waals surface area contributed by atoms with Gasteiger partial charge < -0.3 is 0 Å². The Balaban J connectivity index is 1.45. The molecule has 0 radical (unpaired) electrons. The van der Waals surface area contributed by atoms with Crippen molar-refractivity contribution in [3.63, 3.8) is 0 Å². The number of nitrogens with one attached hydrogen (secondary N) is 1. The Morgan fingerprint density at radius 1 is 1.23 bits per heavy atom. The van der Waals surface area contributed by atoms with E-state index in [2.05, 4.69) is 22.1 Å². The molecule has 1 saturated heterocycles. The van der Waals surface area contributed by atoms with Crippen LogP contribution in [0.25, 0.3) is 0 Å². The zero-order chi connectivity index (χ0) is 21.3. The van der Waals surface area contributed by atoms with Crippen molar-refractivity contribution in [2.24, 2.45) is 0 Å². The summed E-state index contributed by atoms with van der Waals surface area (Å²) >= 11 is 1.52. The Bertz CT molecular complexity index is 1020. The Labute approximate surface area is 182 Å². The molecular formula is C21H28N4O3S2. The molecule has 30 heavy (non-hydrogen) atoms. The second-order valence-electron chi connectivity index (χ2n) is 7.95. The first-order valence-electron chi connectivity index (χ1n) is 10.5. The summed E-state index contributed by atoms with van der Waals surface area (Å²) in [6.45, 7) is 7.52. The fourth-order valence-corrected chi connectivity index (χ4v) is 6.83. The van der Waals surface area contributed by atoms with Gasteiger partial charge in [0.1, 0.15) is 0 Å². The molecule has 0 unspecified atom stereocenters. The molecule has 4 rings (SSSR count). The number of thiazole rings is 1. The molecule has 1 aromatic heterocycles. The maximum atomic E-state index is 12.9. The van der Waals surface area contributed by atoms with Crippen LogP contribution in [-0.2, 0) is 23.0 Å². The van der Waals surface area contributed by atoms with Gasteiger partial charge in [0.25, 0.3) is 5.91 Å². The van der Waals surface area contributed by atoms with E-state index in [-0.39, 0.29) is 16.8 Å². The lowest BCUT2D eigenvalue weighted by molar-refractivity contribution is 0.102. The fraction of sp³-hybridized carbons (Fsp3) is 0.524. The SMILES string of the molecule is CCN1CCc2nc(NC(=O)c3ccc(S(=O)(=O)N4CCCC[C@H]4C)cc3)sc2C1. The predicted octanol–water partition coefficient (Wildman–Crippen LogP) is 3.34. The number of aromatic nitrogens is 1. The zero-order valence-corrected chi connectivity index (χ0v) is 19.1. The largest absolute Gasteiger partial charge is 0.298 e.